The third-order valence-electron chi connectivity index (χ3n) is 3.49. The number of nitrogens with one attached hydrogen (secondary N) is 1. The summed E-state index contributed by atoms with van der Waals surface area (Å²) in [5.41, 5.74) is 1.07. The van der Waals surface area contributed by atoms with Crippen LogP contribution < -0.4 is 9.46 Å². The van der Waals surface area contributed by atoms with Gasteiger partial charge in [-0.2, -0.15) is 0 Å². The summed E-state index contributed by atoms with van der Waals surface area (Å²) in [4.78, 5) is 15.8. The Bertz CT molecular complexity index is 1030. The maximum absolute atomic E-state index is 12.6. The zero-order valence-electron chi connectivity index (χ0n) is 14.3. The Morgan fingerprint density at radius 1 is 1.19 bits per heavy atom. The van der Waals surface area contributed by atoms with Crippen LogP contribution in [0, 0.1) is 0 Å². The van der Waals surface area contributed by atoms with Gasteiger partial charge in [-0.1, -0.05) is 12.1 Å². The molecule has 0 saturated heterocycles. The molecule has 0 saturated carbocycles. The minimum absolute atomic E-state index is 0.0209. The van der Waals surface area contributed by atoms with E-state index in [1.54, 1.807) is 30.5 Å². The number of sulfonamides is 1. The summed E-state index contributed by atoms with van der Waals surface area (Å²) < 4.78 is 38.0. The second-order valence-electron chi connectivity index (χ2n) is 5.35. The second-order valence-corrected chi connectivity index (χ2v) is 7.92. The number of ether oxygens (including phenoxy) is 2. The molecule has 0 spiro atoms. The molecular formula is C18H16N2O5S2. The molecule has 27 heavy (non-hydrogen) atoms. The Balaban J connectivity index is 1.76. The average Bonchev–Trinajstić information content (AvgIpc) is 3.17. The number of methoxy groups -OCH3 is 1. The average molecular weight is 404 g/mol. The zero-order valence-corrected chi connectivity index (χ0v) is 15.9. The van der Waals surface area contributed by atoms with Crippen molar-refractivity contribution >= 4 is 33.0 Å². The highest BCUT2D eigenvalue weighted by atomic mass is 32.2. The lowest BCUT2D eigenvalue weighted by molar-refractivity contribution is 0.0602. The summed E-state index contributed by atoms with van der Waals surface area (Å²) in [5, 5.41) is 1.52. The normalized spacial score (nSPS) is 11.0. The van der Waals surface area contributed by atoms with Gasteiger partial charge in [0.05, 0.1) is 18.5 Å². The molecule has 0 bridgehead atoms. The number of hydrogen-bond acceptors (Lipinski definition) is 7. The highest BCUT2D eigenvalue weighted by Gasteiger charge is 2.24. The summed E-state index contributed by atoms with van der Waals surface area (Å²) in [7, 11) is -2.75. The Hall–Kier alpha value is -2.91. The van der Waals surface area contributed by atoms with Crippen molar-refractivity contribution in [2.45, 2.75) is 11.5 Å². The van der Waals surface area contributed by atoms with Crippen molar-refractivity contribution in [1.29, 1.82) is 0 Å². The van der Waals surface area contributed by atoms with Gasteiger partial charge in [-0.3, -0.25) is 9.71 Å². The number of rotatable bonds is 7. The predicted octanol–water partition coefficient (Wildman–Crippen LogP) is 3.31. The van der Waals surface area contributed by atoms with Crippen LogP contribution >= 0.6 is 11.3 Å². The molecule has 0 fully saturated rings. The molecule has 0 aliphatic carbocycles. The van der Waals surface area contributed by atoms with Gasteiger partial charge in [-0.25, -0.2) is 13.2 Å². The highest BCUT2D eigenvalue weighted by Crippen LogP contribution is 2.26. The van der Waals surface area contributed by atoms with Gasteiger partial charge in [0.25, 0.3) is 10.0 Å². The molecule has 2 heterocycles. The molecule has 7 nitrogen and oxygen atoms in total. The number of benzene rings is 1. The van der Waals surface area contributed by atoms with Crippen molar-refractivity contribution in [3.8, 4) is 5.75 Å². The number of aromatic nitrogens is 1. The van der Waals surface area contributed by atoms with E-state index in [0.717, 1.165) is 17.0 Å². The molecule has 3 rings (SSSR count). The number of anilines is 1. The highest BCUT2D eigenvalue weighted by molar-refractivity contribution is 7.93. The predicted molar refractivity (Wildman–Crippen MR) is 101 cm³/mol. The number of hydrogen-bond donors (Lipinski definition) is 1. The van der Waals surface area contributed by atoms with Crippen molar-refractivity contribution < 1.29 is 22.7 Å². The molecule has 0 aliphatic heterocycles. The van der Waals surface area contributed by atoms with Gasteiger partial charge in [-0.15, -0.1) is 11.3 Å². The standard InChI is InChI=1S/C18H16N2O5S2/c1-24-18(21)17-16(8-10-26-17)27(22,23)20-13-6-4-7-15(11-13)25-12-14-5-2-3-9-19-14/h2-11,20H,12H2,1H3. The number of thiophene rings is 1. The molecular weight excluding hydrogens is 388 g/mol. The van der Waals surface area contributed by atoms with E-state index >= 15 is 0 Å². The number of carbonyl (C=O) groups is 1. The first-order valence-electron chi connectivity index (χ1n) is 7.81. The first kappa shape index (κ1) is 18.9. The van der Waals surface area contributed by atoms with Crippen LogP contribution in [0.3, 0.4) is 0 Å². The SMILES string of the molecule is COC(=O)c1sccc1S(=O)(=O)Nc1cccc(OCc2ccccn2)c1. The van der Waals surface area contributed by atoms with E-state index in [-0.39, 0.29) is 16.4 Å². The number of esters is 1. The van der Waals surface area contributed by atoms with E-state index in [2.05, 4.69) is 14.4 Å². The molecule has 140 valence electrons. The topological polar surface area (TPSA) is 94.6 Å². The van der Waals surface area contributed by atoms with Crippen molar-refractivity contribution in [3.63, 3.8) is 0 Å². The molecule has 3 aromatic rings. The number of pyridine rings is 1. The molecule has 0 radical (unpaired) electrons. The van der Waals surface area contributed by atoms with Gasteiger partial charge < -0.3 is 9.47 Å². The van der Waals surface area contributed by atoms with Gasteiger partial charge in [-0.05, 0) is 35.7 Å². The molecule has 1 N–H and O–H groups in total. The van der Waals surface area contributed by atoms with Crippen LogP contribution in [0.15, 0.2) is 65.0 Å². The van der Waals surface area contributed by atoms with Crippen LogP contribution in [0.2, 0.25) is 0 Å². The van der Waals surface area contributed by atoms with Crippen LogP contribution in [-0.2, 0) is 21.4 Å². The molecule has 0 unspecified atom stereocenters. The van der Waals surface area contributed by atoms with Crippen LogP contribution in [0.25, 0.3) is 0 Å². The smallest absolute Gasteiger partial charge is 0.349 e. The molecule has 0 aliphatic rings. The minimum Gasteiger partial charge on any atom is -0.487 e. The maximum Gasteiger partial charge on any atom is 0.349 e. The van der Waals surface area contributed by atoms with E-state index < -0.39 is 16.0 Å². The first-order valence-corrected chi connectivity index (χ1v) is 10.2. The van der Waals surface area contributed by atoms with Crippen LogP contribution in [0.5, 0.6) is 5.75 Å². The molecule has 9 heteroatoms. The molecule has 0 amide bonds. The van der Waals surface area contributed by atoms with Gasteiger partial charge in [0.2, 0.25) is 0 Å². The van der Waals surface area contributed by atoms with Crippen LogP contribution in [0.4, 0.5) is 5.69 Å². The minimum atomic E-state index is -3.95. The molecule has 1 aromatic carbocycles. The van der Waals surface area contributed by atoms with Crippen molar-refractivity contribution in [2.24, 2.45) is 0 Å². The van der Waals surface area contributed by atoms with Gasteiger partial charge >= 0.3 is 5.97 Å². The fraction of sp³-hybridized carbons (Fsp3) is 0.111. The van der Waals surface area contributed by atoms with E-state index in [9.17, 15) is 13.2 Å². The van der Waals surface area contributed by atoms with E-state index in [1.165, 1.54) is 18.6 Å². The van der Waals surface area contributed by atoms with Crippen molar-refractivity contribution in [1.82, 2.24) is 4.98 Å². The third kappa shape index (κ3) is 4.63. The van der Waals surface area contributed by atoms with E-state index in [0.29, 0.717) is 11.4 Å². The Labute approximate surface area is 160 Å². The summed E-state index contributed by atoms with van der Waals surface area (Å²) in [6.45, 7) is 0.258. The summed E-state index contributed by atoms with van der Waals surface area (Å²) in [6, 6.07) is 13.4. The van der Waals surface area contributed by atoms with Crippen molar-refractivity contribution in [2.75, 3.05) is 11.8 Å². The molecule has 2 aromatic heterocycles. The Morgan fingerprint density at radius 2 is 2.04 bits per heavy atom. The summed E-state index contributed by atoms with van der Waals surface area (Å²) >= 11 is 1.00. The lowest BCUT2D eigenvalue weighted by Crippen LogP contribution is -2.15. The van der Waals surface area contributed by atoms with Gasteiger partial charge in [0.1, 0.15) is 22.1 Å². The zero-order chi connectivity index (χ0) is 19.3. The van der Waals surface area contributed by atoms with Crippen LogP contribution in [0.1, 0.15) is 15.4 Å². The number of carbonyl (C=O) groups excluding carboxylic acids is 1. The second kappa shape index (κ2) is 8.19. The van der Waals surface area contributed by atoms with Gasteiger partial charge in [0.15, 0.2) is 0 Å². The quantitative estimate of drug-likeness (QED) is 0.607. The molecule has 0 atom stereocenters. The summed E-state index contributed by atoms with van der Waals surface area (Å²) in [5.74, 6) is -0.211. The number of nitrogens with zero attached hydrogens (tertiary/aromatic N) is 1. The largest absolute Gasteiger partial charge is 0.487 e. The van der Waals surface area contributed by atoms with Gasteiger partial charge in [0, 0.05) is 12.3 Å². The lowest BCUT2D eigenvalue weighted by Gasteiger charge is -2.10. The lowest BCUT2D eigenvalue weighted by atomic mass is 10.3. The van der Waals surface area contributed by atoms with Crippen LogP contribution in [-0.4, -0.2) is 26.5 Å². The third-order valence-corrected chi connectivity index (χ3v) is 5.94. The fourth-order valence-electron chi connectivity index (χ4n) is 2.25. The first-order chi connectivity index (χ1) is 13.0. The Kier molecular flexibility index (Phi) is 5.72. The van der Waals surface area contributed by atoms with Crippen molar-refractivity contribution in [3.05, 3.63) is 70.7 Å². The maximum atomic E-state index is 12.6. The fourth-order valence-corrected chi connectivity index (χ4v) is 4.64. The summed E-state index contributed by atoms with van der Waals surface area (Å²) in [6.07, 6.45) is 1.67. The van der Waals surface area contributed by atoms with E-state index in [1.807, 2.05) is 18.2 Å². The Morgan fingerprint density at radius 3 is 2.78 bits per heavy atom. The monoisotopic (exact) mass is 404 g/mol. The van der Waals surface area contributed by atoms with E-state index in [4.69, 9.17) is 4.74 Å².